The molecule has 0 amide bonds. The van der Waals surface area contributed by atoms with E-state index in [1.165, 1.54) is 11.5 Å². The average Bonchev–Trinajstić information content (AvgIpc) is 2.63. The van der Waals surface area contributed by atoms with Crippen molar-refractivity contribution in [1.82, 2.24) is 4.37 Å². The third-order valence-electron chi connectivity index (χ3n) is 2.35. The maximum atomic E-state index is 9.02. The quantitative estimate of drug-likeness (QED) is 0.815. The Hall–Kier alpha value is -1.37. The van der Waals surface area contributed by atoms with Crippen molar-refractivity contribution in [3.8, 4) is 6.07 Å². The molecule has 2 aromatic rings. The van der Waals surface area contributed by atoms with Gasteiger partial charge in [0.1, 0.15) is 6.07 Å². The summed E-state index contributed by atoms with van der Waals surface area (Å²) in [5.74, 6) is 0. The molecule has 2 nitrogen and oxygen atoms in total. The van der Waals surface area contributed by atoms with E-state index in [9.17, 15) is 0 Å². The molecule has 0 aliphatic rings. The molecule has 0 saturated heterocycles. The largest absolute Gasteiger partial charge is 0.196 e. The monoisotopic (exact) mass is 248 g/mol. The van der Waals surface area contributed by atoms with Crippen molar-refractivity contribution >= 4 is 23.1 Å². The van der Waals surface area contributed by atoms with Crippen molar-refractivity contribution in [3.63, 3.8) is 0 Å². The van der Waals surface area contributed by atoms with E-state index in [2.05, 4.69) is 10.4 Å². The van der Waals surface area contributed by atoms with Crippen LogP contribution in [0.2, 0.25) is 5.02 Å². The van der Waals surface area contributed by atoms with Gasteiger partial charge >= 0.3 is 0 Å². The molecule has 0 unspecified atom stereocenters. The standard InChI is InChI=1S/C12H9ClN2S/c1-8-10(7-14)12(16-15-8)6-9-4-2-3-5-11(9)13/h2-5H,6H2,1H3. The Morgan fingerprint density at radius 2 is 2.19 bits per heavy atom. The SMILES string of the molecule is Cc1nsc(Cc2ccccc2Cl)c1C#N. The van der Waals surface area contributed by atoms with Gasteiger partial charge in [-0.05, 0) is 30.1 Å². The average molecular weight is 249 g/mol. The summed E-state index contributed by atoms with van der Waals surface area (Å²) in [6.45, 7) is 1.85. The van der Waals surface area contributed by atoms with Crippen molar-refractivity contribution in [2.45, 2.75) is 13.3 Å². The van der Waals surface area contributed by atoms with Crippen molar-refractivity contribution in [2.24, 2.45) is 0 Å². The van der Waals surface area contributed by atoms with Crippen molar-refractivity contribution in [2.75, 3.05) is 0 Å². The Bertz CT molecular complexity index is 554. The van der Waals surface area contributed by atoms with Crippen molar-refractivity contribution in [3.05, 3.63) is 51.0 Å². The molecule has 80 valence electrons. The summed E-state index contributed by atoms with van der Waals surface area (Å²) in [5.41, 5.74) is 2.52. The molecule has 0 aliphatic heterocycles. The number of hydrogen-bond acceptors (Lipinski definition) is 3. The van der Waals surface area contributed by atoms with Gasteiger partial charge in [-0.1, -0.05) is 29.8 Å². The minimum absolute atomic E-state index is 0.675. The van der Waals surface area contributed by atoms with Crippen LogP contribution in [0, 0.1) is 18.3 Å². The zero-order chi connectivity index (χ0) is 11.5. The van der Waals surface area contributed by atoms with Gasteiger partial charge in [0.15, 0.2) is 0 Å². The molecule has 16 heavy (non-hydrogen) atoms. The number of aryl methyl sites for hydroxylation is 1. The second kappa shape index (κ2) is 4.65. The number of hydrogen-bond donors (Lipinski definition) is 0. The Labute approximate surface area is 103 Å². The highest BCUT2D eigenvalue weighted by atomic mass is 35.5. The van der Waals surface area contributed by atoms with Crippen LogP contribution in [0.4, 0.5) is 0 Å². The highest BCUT2D eigenvalue weighted by Gasteiger charge is 2.11. The van der Waals surface area contributed by atoms with Crippen LogP contribution in [0.1, 0.15) is 21.7 Å². The molecule has 0 N–H and O–H groups in total. The molecule has 0 radical (unpaired) electrons. The van der Waals surface area contributed by atoms with E-state index in [-0.39, 0.29) is 0 Å². The predicted octanol–water partition coefficient (Wildman–Crippen LogP) is 3.57. The first kappa shape index (κ1) is 11.1. The van der Waals surface area contributed by atoms with Crippen molar-refractivity contribution < 1.29 is 0 Å². The Balaban J connectivity index is 2.35. The van der Waals surface area contributed by atoms with Gasteiger partial charge in [-0.15, -0.1) is 0 Å². The lowest BCUT2D eigenvalue weighted by Crippen LogP contribution is -1.89. The second-order valence-electron chi connectivity index (χ2n) is 3.45. The summed E-state index contributed by atoms with van der Waals surface area (Å²) in [5, 5.41) is 9.75. The molecule has 0 spiro atoms. The zero-order valence-electron chi connectivity index (χ0n) is 8.70. The molecule has 1 heterocycles. The fourth-order valence-corrected chi connectivity index (χ4v) is 2.54. The molecule has 0 bridgehead atoms. The number of aromatic nitrogens is 1. The maximum Gasteiger partial charge on any atom is 0.102 e. The first-order chi connectivity index (χ1) is 7.72. The van der Waals surface area contributed by atoms with Gasteiger partial charge in [-0.3, -0.25) is 0 Å². The number of nitrogens with zero attached hydrogens (tertiary/aromatic N) is 2. The molecular weight excluding hydrogens is 240 g/mol. The fourth-order valence-electron chi connectivity index (χ4n) is 1.50. The summed E-state index contributed by atoms with van der Waals surface area (Å²) < 4.78 is 4.19. The molecule has 0 atom stereocenters. The van der Waals surface area contributed by atoms with Crippen LogP contribution in [-0.4, -0.2) is 4.37 Å². The Kier molecular flexibility index (Phi) is 3.23. The van der Waals surface area contributed by atoms with E-state index in [0.717, 1.165) is 21.2 Å². The van der Waals surface area contributed by atoms with E-state index < -0.39 is 0 Å². The molecule has 2 rings (SSSR count). The van der Waals surface area contributed by atoms with Gasteiger partial charge in [0.25, 0.3) is 0 Å². The van der Waals surface area contributed by atoms with Gasteiger partial charge in [0.2, 0.25) is 0 Å². The van der Waals surface area contributed by atoms with E-state index >= 15 is 0 Å². The molecule has 0 saturated carbocycles. The van der Waals surface area contributed by atoms with E-state index in [1.807, 2.05) is 31.2 Å². The van der Waals surface area contributed by atoms with E-state index in [4.69, 9.17) is 16.9 Å². The predicted molar refractivity (Wildman–Crippen MR) is 65.8 cm³/mol. The highest BCUT2D eigenvalue weighted by Crippen LogP contribution is 2.24. The molecule has 1 aromatic carbocycles. The van der Waals surface area contributed by atoms with Gasteiger partial charge in [0, 0.05) is 16.3 Å². The zero-order valence-corrected chi connectivity index (χ0v) is 10.3. The minimum atomic E-state index is 0.675. The van der Waals surface area contributed by atoms with Crippen LogP contribution in [0.5, 0.6) is 0 Å². The summed E-state index contributed by atoms with van der Waals surface area (Å²) in [4.78, 5) is 0.980. The lowest BCUT2D eigenvalue weighted by Gasteiger charge is -2.01. The molecule has 4 heteroatoms. The second-order valence-corrected chi connectivity index (χ2v) is 4.71. The first-order valence-electron chi connectivity index (χ1n) is 4.81. The van der Waals surface area contributed by atoms with Gasteiger partial charge in [-0.2, -0.15) is 9.64 Å². The summed E-state index contributed by atoms with van der Waals surface area (Å²) in [6, 6.07) is 9.86. The van der Waals surface area contributed by atoms with Crippen LogP contribution >= 0.6 is 23.1 Å². The lowest BCUT2D eigenvalue weighted by atomic mass is 10.1. The Morgan fingerprint density at radius 1 is 1.44 bits per heavy atom. The van der Waals surface area contributed by atoms with Crippen molar-refractivity contribution in [1.29, 1.82) is 5.26 Å². The maximum absolute atomic E-state index is 9.02. The Morgan fingerprint density at radius 3 is 2.88 bits per heavy atom. The van der Waals surface area contributed by atoms with Gasteiger partial charge in [-0.25, -0.2) is 0 Å². The lowest BCUT2D eigenvalue weighted by molar-refractivity contribution is 1.21. The normalized spacial score (nSPS) is 10.1. The smallest absolute Gasteiger partial charge is 0.102 e. The van der Waals surface area contributed by atoms with Gasteiger partial charge < -0.3 is 0 Å². The summed E-state index contributed by atoms with van der Waals surface area (Å²) in [6.07, 6.45) is 0.675. The number of rotatable bonds is 2. The van der Waals surface area contributed by atoms with E-state index in [1.54, 1.807) is 0 Å². The molecule has 1 aromatic heterocycles. The van der Waals surface area contributed by atoms with Crippen LogP contribution in [0.15, 0.2) is 24.3 Å². The van der Waals surface area contributed by atoms with Gasteiger partial charge in [0.05, 0.1) is 11.3 Å². The van der Waals surface area contributed by atoms with Crippen LogP contribution < -0.4 is 0 Å². The topological polar surface area (TPSA) is 36.7 Å². The fraction of sp³-hybridized carbons (Fsp3) is 0.167. The van der Waals surface area contributed by atoms with Crippen LogP contribution in [0.3, 0.4) is 0 Å². The third kappa shape index (κ3) is 2.08. The third-order valence-corrected chi connectivity index (χ3v) is 3.66. The van der Waals surface area contributed by atoms with E-state index in [0.29, 0.717) is 12.0 Å². The summed E-state index contributed by atoms with van der Waals surface area (Å²) in [7, 11) is 0. The van der Waals surface area contributed by atoms with Crippen LogP contribution in [-0.2, 0) is 6.42 Å². The first-order valence-corrected chi connectivity index (χ1v) is 5.96. The molecule has 0 aliphatic carbocycles. The number of benzene rings is 1. The van der Waals surface area contributed by atoms with Crippen LogP contribution in [0.25, 0.3) is 0 Å². The number of halogens is 1. The highest BCUT2D eigenvalue weighted by molar-refractivity contribution is 7.06. The molecular formula is C12H9ClN2S. The minimum Gasteiger partial charge on any atom is -0.196 e. The summed E-state index contributed by atoms with van der Waals surface area (Å²) >= 11 is 7.45. The number of nitriles is 1. The molecule has 0 fully saturated rings.